The second-order valence-electron chi connectivity index (χ2n) is 5.09. The number of benzene rings is 1. The number of ketones is 1. The summed E-state index contributed by atoms with van der Waals surface area (Å²) in [5.41, 5.74) is 1.94. The zero-order valence-corrected chi connectivity index (χ0v) is 11.6. The van der Waals surface area contributed by atoms with E-state index in [1.54, 1.807) is 0 Å². The number of allylic oxidation sites excluding steroid dienone is 1. The van der Waals surface area contributed by atoms with Gasteiger partial charge in [0.25, 0.3) is 0 Å². The maximum absolute atomic E-state index is 12.2. The number of rotatable bonds is 3. The van der Waals surface area contributed by atoms with Gasteiger partial charge in [-0.1, -0.05) is 23.7 Å². The summed E-state index contributed by atoms with van der Waals surface area (Å²) in [7, 11) is 4.01. The van der Waals surface area contributed by atoms with Crippen molar-refractivity contribution in [2.45, 2.75) is 12.8 Å². The standard InChI is InChI=1S/C15H18ClNO/c1-17(2)10-13-7-6-12(15(13)18)8-11-4-3-5-14(16)9-11/h3-5,8-9,13H,6-7,10H2,1-2H3/b12-8-. The molecule has 0 heterocycles. The Kier molecular flexibility index (Phi) is 4.20. The molecule has 1 atom stereocenters. The predicted molar refractivity (Wildman–Crippen MR) is 75.7 cm³/mol. The summed E-state index contributed by atoms with van der Waals surface area (Å²) in [6.45, 7) is 0.839. The first-order chi connectivity index (χ1) is 8.56. The van der Waals surface area contributed by atoms with Gasteiger partial charge in [0, 0.05) is 17.5 Å². The first kappa shape index (κ1) is 13.3. The van der Waals surface area contributed by atoms with E-state index in [-0.39, 0.29) is 5.92 Å². The van der Waals surface area contributed by atoms with Gasteiger partial charge in [0.05, 0.1) is 0 Å². The highest BCUT2D eigenvalue weighted by molar-refractivity contribution is 6.30. The third kappa shape index (κ3) is 3.21. The van der Waals surface area contributed by atoms with Crippen molar-refractivity contribution in [2.75, 3.05) is 20.6 Å². The van der Waals surface area contributed by atoms with E-state index in [2.05, 4.69) is 4.90 Å². The van der Waals surface area contributed by atoms with Gasteiger partial charge in [0.1, 0.15) is 0 Å². The molecule has 0 spiro atoms. The van der Waals surface area contributed by atoms with Crippen molar-refractivity contribution in [3.8, 4) is 0 Å². The van der Waals surface area contributed by atoms with Crippen LogP contribution >= 0.6 is 11.6 Å². The molecular weight excluding hydrogens is 246 g/mol. The van der Waals surface area contributed by atoms with E-state index in [1.807, 2.05) is 44.4 Å². The van der Waals surface area contributed by atoms with Gasteiger partial charge in [-0.25, -0.2) is 0 Å². The topological polar surface area (TPSA) is 20.3 Å². The first-order valence-electron chi connectivity index (χ1n) is 6.21. The normalized spacial score (nSPS) is 22.1. The Balaban J connectivity index is 2.13. The molecule has 2 nitrogen and oxygen atoms in total. The third-order valence-electron chi connectivity index (χ3n) is 3.22. The monoisotopic (exact) mass is 263 g/mol. The number of hydrogen-bond acceptors (Lipinski definition) is 2. The van der Waals surface area contributed by atoms with Crippen LogP contribution in [0.3, 0.4) is 0 Å². The van der Waals surface area contributed by atoms with Crippen LogP contribution in [0, 0.1) is 5.92 Å². The van der Waals surface area contributed by atoms with Crippen molar-refractivity contribution in [3.63, 3.8) is 0 Å². The zero-order valence-electron chi connectivity index (χ0n) is 10.8. The Bertz CT molecular complexity index is 479. The van der Waals surface area contributed by atoms with Crippen molar-refractivity contribution in [2.24, 2.45) is 5.92 Å². The van der Waals surface area contributed by atoms with E-state index < -0.39 is 0 Å². The molecule has 1 aromatic carbocycles. The molecule has 0 bridgehead atoms. The van der Waals surface area contributed by atoms with Crippen molar-refractivity contribution in [1.82, 2.24) is 4.90 Å². The molecule has 3 heteroatoms. The third-order valence-corrected chi connectivity index (χ3v) is 3.46. The molecule has 1 aromatic rings. The van der Waals surface area contributed by atoms with Crippen molar-refractivity contribution < 1.29 is 4.79 Å². The highest BCUT2D eigenvalue weighted by atomic mass is 35.5. The predicted octanol–water partition coefficient (Wildman–Crippen LogP) is 3.26. The molecule has 0 N–H and O–H groups in total. The molecule has 96 valence electrons. The summed E-state index contributed by atoms with van der Waals surface area (Å²) in [5, 5.41) is 0.708. The lowest BCUT2D eigenvalue weighted by molar-refractivity contribution is -0.118. The summed E-state index contributed by atoms with van der Waals surface area (Å²) in [6.07, 6.45) is 3.82. The molecular formula is C15H18ClNO. The lowest BCUT2D eigenvalue weighted by Crippen LogP contribution is -2.24. The largest absolute Gasteiger partial charge is 0.309 e. The average Bonchev–Trinajstić information content (AvgIpc) is 2.61. The molecule has 0 aromatic heterocycles. The Morgan fingerprint density at radius 2 is 2.22 bits per heavy atom. The molecule has 1 aliphatic rings. The zero-order chi connectivity index (χ0) is 13.1. The fourth-order valence-electron chi connectivity index (χ4n) is 2.40. The van der Waals surface area contributed by atoms with Gasteiger partial charge in [-0.3, -0.25) is 4.79 Å². The number of hydrogen-bond donors (Lipinski definition) is 0. The Hall–Kier alpha value is -1.12. The quantitative estimate of drug-likeness (QED) is 0.780. The molecule has 1 unspecified atom stereocenters. The molecule has 1 saturated carbocycles. The minimum absolute atomic E-state index is 0.158. The molecule has 1 aliphatic carbocycles. The minimum Gasteiger partial charge on any atom is -0.309 e. The van der Waals surface area contributed by atoms with E-state index in [0.717, 1.165) is 30.5 Å². The number of halogens is 1. The van der Waals surface area contributed by atoms with E-state index in [4.69, 9.17) is 11.6 Å². The van der Waals surface area contributed by atoms with Crippen LogP contribution in [-0.2, 0) is 4.79 Å². The van der Waals surface area contributed by atoms with Crippen LogP contribution in [0.4, 0.5) is 0 Å². The minimum atomic E-state index is 0.158. The number of carbonyl (C=O) groups excluding carboxylic acids is 1. The summed E-state index contributed by atoms with van der Waals surface area (Å²) in [6, 6.07) is 7.62. The highest BCUT2D eigenvalue weighted by Gasteiger charge is 2.29. The first-order valence-corrected chi connectivity index (χ1v) is 6.59. The Morgan fingerprint density at radius 3 is 2.89 bits per heavy atom. The van der Waals surface area contributed by atoms with Gasteiger partial charge in [-0.2, -0.15) is 0 Å². The summed E-state index contributed by atoms with van der Waals surface area (Å²) < 4.78 is 0. The molecule has 2 rings (SSSR count). The Morgan fingerprint density at radius 1 is 1.44 bits per heavy atom. The number of Topliss-reactive ketones (excluding diaryl/α,β-unsaturated/α-hetero) is 1. The SMILES string of the molecule is CN(C)CC1CC/C(=C/c2cccc(Cl)c2)C1=O. The van der Waals surface area contributed by atoms with Crippen LogP contribution in [0.2, 0.25) is 5.02 Å². The Labute approximate surface area is 113 Å². The van der Waals surface area contributed by atoms with Crippen LogP contribution in [0.15, 0.2) is 29.8 Å². The summed E-state index contributed by atoms with van der Waals surface area (Å²) in [5.74, 6) is 0.453. The fraction of sp³-hybridized carbons (Fsp3) is 0.400. The van der Waals surface area contributed by atoms with Crippen LogP contribution in [-0.4, -0.2) is 31.3 Å². The van der Waals surface area contributed by atoms with Crippen molar-refractivity contribution in [1.29, 1.82) is 0 Å². The number of carbonyl (C=O) groups is 1. The van der Waals surface area contributed by atoms with Crippen LogP contribution in [0.5, 0.6) is 0 Å². The molecule has 0 radical (unpaired) electrons. The van der Waals surface area contributed by atoms with E-state index in [9.17, 15) is 4.79 Å². The van der Waals surface area contributed by atoms with Gasteiger partial charge in [0.2, 0.25) is 0 Å². The van der Waals surface area contributed by atoms with Gasteiger partial charge in [-0.15, -0.1) is 0 Å². The fourth-order valence-corrected chi connectivity index (χ4v) is 2.60. The van der Waals surface area contributed by atoms with E-state index in [1.165, 1.54) is 0 Å². The van der Waals surface area contributed by atoms with Gasteiger partial charge in [-0.05, 0) is 56.3 Å². The van der Waals surface area contributed by atoms with E-state index >= 15 is 0 Å². The molecule has 0 saturated heterocycles. The second kappa shape index (κ2) is 5.68. The van der Waals surface area contributed by atoms with Gasteiger partial charge in [0.15, 0.2) is 5.78 Å². The van der Waals surface area contributed by atoms with Crippen LogP contribution in [0.25, 0.3) is 6.08 Å². The van der Waals surface area contributed by atoms with Crippen LogP contribution < -0.4 is 0 Å². The summed E-state index contributed by atoms with van der Waals surface area (Å²) >= 11 is 5.94. The highest BCUT2D eigenvalue weighted by Crippen LogP contribution is 2.29. The number of nitrogens with zero attached hydrogens (tertiary/aromatic N) is 1. The molecule has 1 fully saturated rings. The molecule has 18 heavy (non-hydrogen) atoms. The molecule has 0 aliphatic heterocycles. The smallest absolute Gasteiger partial charge is 0.163 e. The second-order valence-corrected chi connectivity index (χ2v) is 5.52. The lowest BCUT2D eigenvalue weighted by atomic mass is 10.0. The maximum atomic E-state index is 12.2. The van der Waals surface area contributed by atoms with E-state index in [0.29, 0.717) is 10.8 Å². The van der Waals surface area contributed by atoms with Gasteiger partial charge < -0.3 is 4.90 Å². The van der Waals surface area contributed by atoms with Crippen molar-refractivity contribution in [3.05, 3.63) is 40.4 Å². The van der Waals surface area contributed by atoms with Crippen LogP contribution in [0.1, 0.15) is 18.4 Å². The lowest BCUT2D eigenvalue weighted by Gasteiger charge is -2.13. The molecule has 0 amide bonds. The van der Waals surface area contributed by atoms with Crippen molar-refractivity contribution >= 4 is 23.5 Å². The summed E-state index contributed by atoms with van der Waals surface area (Å²) in [4.78, 5) is 14.3. The maximum Gasteiger partial charge on any atom is 0.163 e. The average molecular weight is 264 g/mol. The van der Waals surface area contributed by atoms with Gasteiger partial charge >= 0.3 is 0 Å².